The van der Waals surface area contributed by atoms with Gasteiger partial charge in [-0.2, -0.15) is 0 Å². The Morgan fingerprint density at radius 3 is 1.74 bits per heavy atom. The SMILES string of the molecule is CCCC(N)(CCC)CCCN(C)Cc1ccc(CN(Cc2nccn2CC(=O)O)Cc2nccn2CC(=O)O)cc1. The molecule has 2 aromatic heterocycles. The normalized spacial score (nSPS) is 12.0. The number of nitrogens with zero attached hydrogens (tertiary/aromatic N) is 6. The van der Waals surface area contributed by atoms with E-state index in [0.717, 1.165) is 57.2 Å². The summed E-state index contributed by atoms with van der Waals surface area (Å²) in [5, 5.41) is 18.6. The number of aromatic nitrogens is 4. The van der Waals surface area contributed by atoms with Crippen LogP contribution in [0.25, 0.3) is 0 Å². The van der Waals surface area contributed by atoms with E-state index in [0.29, 0.717) is 31.3 Å². The summed E-state index contributed by atoms with van der Waals surface area (Å²) in [6.07, 6.45) is 13.0. The van der Waals surface area contributed by atoms with Crippen LogP contribution in [-0.2, 0) is 48.9 Å². The molecule has 0 saturated carbocycles. The number of aliphatic carboxylic acids is 2. The van der Waals surface area contributed by atoms with Crippen molar-refractivity contribution in [3.05, 3.63) is 71.8 Å². The molecule has 3 rings (SSSR count). The molecule has 3 aromatic rings. The smallest absolute Gasteiger partial charge is 0.323 e. The topological polar surface area (TPSA) is 143 Å². The lowest BCUT2D eigenvalue weighted by molar-refractivity contribution is -0.138. The summed E-state index contributed by atoms with van der Waals surface area (Å²) >= 11 is 0. The van der Waals surface area contributed by atoms with Crippen molar-refractivity contribution in [2.24, 2.45) is 5.73 Å². The zero-order chi connectivity index (χ0) is 30.5. The van der Waals surface area contributed by atoms with Gasteiger partial charge in [-0.05, 0) is 50.4 Å². The van der Waals surface area contributed by atoms with Gasteiger partial charge < -0.3 is 30.0 Å². The Balaban J connectivity index is 1.65. The molecule has 0 amide bonds. The van der Waals surface area contributed by atoms with Gasteiger partial charge >= 0.3 is 11.9 Å². The molecule has 0 radical (unpaired) electrons. The maximum Gasteiger partial charge on any atom is 0.323 e. The minimum atomic E-state index is -0.942. The number of carboxylic acid groups (broad SMARTS) is 2. The molecule has 0 aliphatic heterocycles. The lowest BCUT2D eigenvalue weighted by Crippen LogP contribution is -2.40. The zero-order valence-electron chi connectivity index (χ0n) is 25.3. The van der Waals surface area contributed by atoms with Gasteiger partial charge in [-0.1, -0.05) is 51.0 Å². The average Bonchev–Trinajstić information content (AvgIpc) is 3.53. The van der Waals surface area contributed by atoms with Crippen molar-refractivity contribution in [3.8, 4) is 0 Å². The Bertz CT molecular complexity index is 1190. The van der Waals surface area contributed by atoms with Crippen molar-refractivity contribution in [3.63, 3.8) is 0 Å². The third-order valence-electron chi connectivity index (χ3n) is 7.54. The molecule has 11 heteroatoms. The van der Waals surface area contributed by atoms with Crippen LogP contribution in [-0.4, -0.2) is 70.2 Å². The monoisotopic (exact) mass is 581 g/mol. The molecule has 0 aliphatic carbocycles. The predicted octanol–water partition coefficient (Wildman–Crippen LogP) is 3.96. The van der Waals surface area contributed by atoms with Gasteiger partial charge in [-0.15, -0.1) is 0 Å². The fraction of sp³-hybridized carbons (Fsp3) is 0.548. The first-order valence-electron chi connectivity index (χ1n) is 14.8. The highest BCUT2D eigenvalue weighted by atomic mass is 16.4. The number of hydrogen-bond donors (Lipinski definition) is 3. The summed E-state index contributed by atoms with van der Waals surface area (Å²) in [4.78, 5) is 35.8. The second-order valence-electron chi connectivity index (χ2n) is 11.4. The molecular weight excluding hydrogens is 534 g/mol. The van der Waals surface area contributed by atoms with Gasteiger partial charge in [0.05, 0.1) is 13.1 Å². The third-order valence-corrected chi connectivity index (χ3v) is 7.54. The second-order valence-corrected chi connectivity index (χ2v) is 11.4. The van der Waals surface area contributed by atoms with Crippen LogP contribution in [0, 0.1) is 0 Å². The minimum Gasteiger partial charge on any atom is -0.480 e. The van der Waals surface area contributed by atoms with Crippen LogP contribution in [0.5, 0.6) is 0 Å². The number of hydrogen-bond acceptors (Lipinski definition) is 7. The van der Waals surface area contributed by atoms with Crippen molar-refractivity contribution in [2.75, 3.05) is 13.6 Å². The maximum atomic E-state index is 11.3. The third kappa shape index (κ3) is 10.7. The summed E-state index contributed by atoms with van der Waals surface area (Å²) < 4.78 is 3.22. The molecule has 0 atom stereocenters. The Morgan fingerprint density at radius 2 is 1.29 bits per heavy atom. The van der Waals surface area contributed by atoms with Gasteiger partial charge in [-0.25, -0.2) is 9.97 Å². The van der Waals surface area contributed by atoms with E-state index < -0.39 is 11.9 Å². The molecule has 42 heavy (non-hydrogen) atoms. The van der Waals surface area contributed by atoms with Gasteiger partial charge in [0.25, 0.3) is 0 Å². The van der Waals surface area contributed by atoms with Gasteiger partial charge in [0.1, 0.15) is 24.7 Å². The highest BCUT2D eigenvalue weighted by molar-refractivity contribution is 5.66. The number of benzene rings is 1. The first-order valence-corrected chi connectivity index (χ1v) is 14.8. The second kappa shape index (κ2) is 16.2. The Kier molecular flexibility index (Phi) is 12.7. The van der Waals surface area contributed by atoms with Crippen LogP contribution >= 0.6 is 0 Å². The van der Waals surface area contributed by atoms with Crippen LogP contribution in [0.4, 0.5) is 0 Å². The van der Waals surface area contributed by atoms with E-state index in [2.05, 4.69) is 64.9 Å². The van der Waals surface area contributed by atoms with Crippen LogP contribution in [0.2, 0.25) is 0 Å². The lowest BCUT2D eigenvalue weighted by atomic mass is 9.85. The summed E-state index contributed by atoms with van der Waals surface area (Å²) in [7, 11) is 2.14. The molecule has 2 heterocycles. The molecule has 1 aromatic carbocycles. The average molecular weight is 582 g/mol. The van der Waals surface area contributed by atoms with Gasteiger partial charge in [0, 0.05) is 43.4 Å². The van der Waals surface area contributed by atoms with E-state index in [-0.39, 0.29) is 18.6 Å². The van der Waals surface area contributed by atoms with E-state index in [1.807, 2.05) is 0 Å². The van der Waals surface area contributed by atoms with Crippen LogP contribution in [0.15, 0.2) is 49.1 Å². The molecular formula is C31H47N7O4. The van der Waals surface area contributed by atoms with Gasteiger partial charge in [0.2, 0.25) is 0 Å². The summed E-state index contributed by atoms with van der Waals surface area (Å²) in [6, 6.07) is 8.50. The van der Waals surface area contributed by atoms with Crippen molar-refractivity contribution >= 4 is 11.9 Å². The molecule has 11 nitrogen and oxygen atoms in total. The van der Waals surface area contributed by atoms with Gasteiger partial charge in [0.15, 0.2) is 0 Å². The molecule has 0 saturated heterocycles. The van der Waals surface area contributed by atoms with E-state index >= 15 is 0 Å². The fourth-order valence-electron chi connectivity index (χ4n) is 5.60. The minimum absolute atomic E-state index is 0.0482. The number of carboxylic acids is 2. The van der Waals surface area contributed by atoms with E-state index in [4.69, 9.17) is 5.73 Å². The first kappa shape index (κ1) is 33.0. The zero-order valence-corrected chi connectivity index (χ0v) is 25.3. The van der Waals surface area contributed by atoms with Crippen molar-refractivity contribution in [1.82, 2.24) is 28.9 Å². The van der Waals surface area contributed by atoms with Crippen molar-refractivity contribution < 1.29 is 19.8 Å². The number of nitrogens with two attached hydrogens (primary N) is 1. The van der Waals surface area contributed by atoms with E-state index in [1.165, 1.54) is 5.56 Å². The first-order chi connectivity index (χ1) is 20.1. The van der Waals surface area contributed by atoms with E-state index in [9.17, 15) is 19.8 Å². The maximum absolute atomic E-state index is 11.3. The quantitative estimate of drug-likeness (QED) is 0.181. The van der Waals surface area contributed by atoms with Gasteiger partial charge in [-0.3, -0.25) is 14.5 Å². The van der Waals surface area contributed by atoms with E-state index in [1.54, 1.807) is 33.9 Å². The molecule has 0 unspecified atom stereocenters. The Hall–Kier alpha value is -3.54. The van der Waals surface area contributed by atoms with Crippen molar-refractivity contribution in [2.45, 2.75) is 97.2 Å². The molecule has 4 N–H and O–H groups in total. The van der Waals surface area contributed by atoms with Crippen LogP contribution in [0.3, 0.4) is 0 Å². The largest absolute Gasteiger partial charge is 0.480 e. The fourth-order valence-corrected chi connectivity index (χ4v) is 5.60. The molecule has 0 aliphatic rings. The molecule has 230 valence electrons. The molecule has 0 bridgehead atoms. The standard InChI is InChI=1S/C31H47N7O4/c1-4-11-31(32,12-5-2)13-6-16-35(3)19-25-7-9-26(10-8-25)20-36(21-27-33-14-17-37(27)23-29(39)40)22-28-34-15-18-38(28)24-30(41)42/h7-10,14-15,17-18H,4-6,11-13,16,19-24,32H2,1-3H3,(H,39,40)(H,41,42). The summed E-state index contributed by atoms with van der Waals surface area (Å²) in [5.41, 5.74) is 8.93. The summed E-state index contributed by atoms with van der Waals surface area (Å²) in [6.45, 7) is 7.21. The highest BCUT2D eigenvalue weighted by Crippen LogP contribution is 2.23. The Morgan fingerprint density at radius 1 is 0.810 bits per heavy atom. The predicted molar refractivity (Wildman–Crippen MR) is 161 cm³/mol. The molecule has 0 spiro atoms. The van der Waals surface area contributed by atoms with Crippen LogP contribution < -0.4 is 5.73 Å². The van der Waals surface area contributed by atoms with Crippen LogP contribution in [0.1, 0.15) is 75.1 Å². The van der Waals surface area contributed by atoms with Crippen molar-refractivity contribution in [1.29, 1.82) is 0 Å². The number of carbonyl (C=O) groups is 2. The highest BCUT2D eigenvalue weighted by Gasteiger charge is 2.22. The number of rotatable bonds is 20. The Labute approximate surface area is 249 Å². The summed E-state index contributed by atoms with van der Waals surface area (Å²) in [5.74, 6) is -0.650. The molecule has 0 fully saturated rings. The lowest BCUT2D eigenvalue weighted by Gasteiger charge is -2.30. The number of imidazole rings is 2.